The molecule has 2 amide bonds. The summed E-state index contributed by atoms with van der Waals surface area (Å²) in [5.41, 5.74) is -0.552. The van der Waals surface area contributed by atoms with Gasteiger partial charge in [0.25, 0.3) is 0 Å². The van der Waals surface area contributed by atoms with Crippen molar-refractivity contribution in [2.24, 2.45) is 5.92 Å². The van der Waals surface area contributed by atoms with E-state index in [4.69, 9.17) is 0 Å². The van der Waals surface area contributed by atoms with E-state index in [0.717, 1.165) is 6.07 Å². The van der Waals surface area contributed by atoms with Gasteiger partial charge in [0.15, 0.2) is 0 Å². The summed E-state index contributed by atoms with van der Waals surface area (Å²) in [7, 11) is 0. The highest BCUT2D eigenvalue weighted by Crippen LogP contribution is 2.35. The number of carbonyl (C=O) groups excluding carboxylic acids is 1. The summed E-state index contributed by atoms with van der Waals surface area (Å²) in [6, 6.07) is 9.64. The quantitative estimate of drug-likeness (QED) is 0.845. The Labute approximate surface area is 154 Å². The fourth-order valence-corrected chi connectivity index (χ4v) is 3.24. The molecule has 5 nitrogen and oxygen atoms in total. The molecule has 3 rings (SSSR count). The maximum Gasteiger partial charge on any atom is 0.418 e. The Hall–Kier alpha value is -2.61. The lowest BCUT2D eigenvalue weighted by molar-refractivity contribution is -0.136. The monoisotopic (exact) mass is 379 g/mol. The number of nitrogens with one attached hydrogen (secondary N) is 1. The normalized spacial score (nSPS) is 16.8. The van der Waals surface area contributed by atoms with Crippen molar-refractivity contribution in [3.05, 3.63) is 59.9 Å². The maximum absolute atomic E-state index is 13.0. The molecule has 2 N–H and O–H groups in total. The van der Waals surface area contributed by atoms with Crippen molar-refractivity contribution in [3.63, 3.8) is 0 Å². The Kier molecular flexibility index (Phi) is 5.65. The van der Waals surface area contributed by atoms with Crippen LogP contribution in [-0.2, 0) is 6.18 Å². The van der Waals surface area contributed by atoms with E-state index in [9.17, 15) is 23.1 Å². The second-order valence-electron chi connectivity index (χ2n) is 6.50. The first kappa shape index (κ1) is 19.2. The fourth-order valence-electron chi connectivity index (χ4n) is 3.24. The predicted octanol–water partition coefficient (Wildman–Crippen LogP) is 4.08. The Morgan fingerprint density at radius 3 is 2.44 bits per heavy atom. The first-order valence-electron chi connectivity index (χ1n) is 8.67. The van der Waals surface area contributed by atoms with Crippen LogP contribution in [0.15, 0.2) is 48.7 Å². The lowest BCUT2D eigenvalue weighted by Gasteiger charge is -2.34. The molecule has 8 heteroatoms. The van der Waals surface area contributed by atoms with Gasteiger partial charge in [-0.1, -0.05) is 18.2 Å². The first-order valence-corrected chi connectivity index (χ1v) is 8.67. The smallest absolute Gasteiger partial charge is 0.387 e. The highest BCUT2D eigenvalue weighted by Gasteiger charge is 2.34. The van der Waals surface area contributed by atoms with Gasteiger partial charge in [-0.25, -0.2) is 4.79 Å². The molecule has 2 heterocycles. The summed E-state index contributed by atoms with van der Waals surface area (Å²) in [6.45, 7) is 0.711. The molecule has 144 valence electrons. The summed E-state index contributed by atoms with van der Waals surface area (Å²) >= 11 is 0. The molecule has 0 unspecified atom stereocenters. The van der Waals surface area contributed by atoms with E-state index < -0.39 is 23.9 Å². The molecule has 1 atom stereocenters. The third-order valence-electron chi connectivity index (χ3n) is 4.74. The molecular weight excluding hydrogens is 359 g/mol. The zero-order valence-corrected chi connectivity index (χ0v) is 14.5. The van der Waals surface area contributed by atoms with Gasteiger partial charge in [0.2, 0.25) is 0 Å². The second kappa shape index (κ2) is 7.96. The number of alkyl halides is 3. The van der Waals surface area contributed by atoms with E-state index in [1.165, 1.54) is 23.1 Å². The highest BCUT2D eigenvalue weighted by molar-refractivity contribution is 5.90. The van der Waals surface area contributed by atoms with Gasteiger partial charge in [-0.05, 0) is 43.0 Å². The fraction of sp³-hybridized carbons (Fsp3) is 0.368. The molecule has 0 radical (unpaired) electrons. The van der Waals surface area contributed by atoms with E-state index in [1.54, 1.807) is 24.4 Å². The Morgan fingerprint density at radius 2 is 1.81 bits per heavy atom. The minimum absolute atomic E-state index is 0.0496. The molecule has 0 bridgehead atoms. The van der Waals surface area contributed by atoms with Crippen molar-refractivity contribution >= 4 is 11.7 Å². The predicted molar refractivity (Wildman–Crippen MR) is 94.0 cm³/mol. The molecule has 0 spiro atoms. The molecular formula is C19H20F3N3O2. The number of para-hydroxylation sites is 1. The number of urea groups is 1. The van der Waals surface area contributed by atoms with Crippen LogP contribution >= 0.6 is 0 Å². The zero-order valence-electron chi connectivity index (χ0n) is 14.5. The average Bonchev–Trinajstić information content (AvgIpc) is 2.68. The SMILES string of the molecule is O=C(Nc1ccccc1C(F)(F)F)N1CCC([C@@H](O)c2ccccn2)CC1. The van der Waals surface area contributed by atoms with Gasteiger partial charge in [0.05, 0.1) is 23.0 Å². The van der Waals surface area contributed by atoms with Gasteiger partial charge >= 0.3 is 12.2 Å². The Balaban J connectivity index is 1.60. The number of halogens is 3. The zero-order chi connectivity index (χ0) is 19.4. The van der Waals surface area contributed by atoms with E-state index in [0.29, 0.717) is 31.6 Å². The number of anilines is 1. The highest BCUT2D eigenvalue weighted by atomic mass is 19.4. The summed E-state index contributed by atoms with van der Waals surface area (Å²) < 4.78 is 39.1. The van der Waals surface area contributed by atoms with Gasteiger partial charge in [-0.2, -0.15) is 13.2 Å². The van der Waals surface area contributed by atoms with Crippen molar-refractivity contribution in [2.75, 3.05) is 18.4 Å². The van der Waals surface area contributed by atoms with Crippen molar-refractivity contribution in [1.29, 1.82) is 0 Å². The van der Waals surface area contributed by atoms with Crippen LogP contribution in [0.3, 0.4) is 0 Å². The van der Waals surface area contributed by atoms with Gasteiger partial charge in [0.1, 0.15) is 0 Å². The van der Waals surface area contributed by atoms with Crippen LogP contribution < -0.4 is 5.32 Å². The minimum atomic E-state index is -4.54. The number of pyridine rings is 1. The van der Waals surface area contributed by atoms with Crippen LogP contribution in [0.5, 0.6) is 0 Å². The number of piperidine rings is 1. The van der Waals surface area contributed by atoms with E-state index in [2.05, 4.69) is 10.3 Å². The molecule has 27 heavy (non-hydrogen) atoms. The third kappa shape index (κ3) is 4.57. The van der Waals surface area contributed by atoms with E-state index in [-0.39, 0.29) is 11.6 Å². The van der Waals surface area contributed by atoms with Gasteiger partial charge < -0.3 is 15.3 Å². The summed E-state index contributed by atoms with van der Waals surface area (Å²) in [5.74, 6) is -0.0496. The molecule has 1 aromatic heterocycles. The number of aliphatic hydroxyl groups excluding tert-OH is 1. The lowest BCUT2D eigenvalue weighted by atomic mass is 9.89. The van der Waals surface area contributed by atoms with Crippen LogP contribution in [0, 0.1) is 5.92 Å². The number of likely N-dealkylation sites (tertiary alicyclic amines) is 1. The van der Waals surface area contributed by atoms with Crippen molar-refractivity contribution < 1.29 is 23.1 Å². The molecule has 1 aromatic carbocycles. The molecule has 1 fully saturated rings. The lowest BCUT2D eigenvalue weighted by Crippen LogP contribution is -2.42. The van der Waals surface area contributed by atoms with Crippen LogP contribution in [0.1, 0.15) is 30.2 Å². The van der Waals surface area contributed by atoms with Crippen LogP contribution in [-0.4, -0.2) is 34.1 Å². The summed E-state index contributed by atoms with van der Waals surface area (Å²) in [4.78, 5) is 18.0. The molecule has 0 aliphatic carbocycles. The van der Waals surface area contributed by atoms with Crippen LogP contribution in [0.2, 0.25) is 0 Å². The van der Waals surface area contributed by atoms with E-state index in [1.807, 2.05) is 0 Å². The first-order chi connectivity index (χ1) is 12.9. The number of aliphatic hydroxyl groups is 1. The van der Waals surface area contributed by atoms with Gasteiger partial charge in [-0.15, -0.1) is 0 Å². The topological polar surface area (TPSA) is 65.5 Å². The molecule has 1 aliphatic rings. The number of rotatable bonds is 3. The summed E-state index contributed by atoms with van der Waals surface area (Å²) in [5, 5.41) is 12.8. The van der Waals surface area contributed by atoms with Crippen LogP contribution in [0.25, 0.3) is 0 Å². The number of carbonyl (C=O) groups is 1. The number of aromatic nitrogens is 1. The molecule has 2 aromatic rings. The van der Waals surface area contributed by atoms with Crippen molar-refractivity contribution in [3.8, 4) is 0 Å². The third-order valence-corrected chi connectivity index (χ3v) is 4.74. The molecule has 0 saturated carbocycles. The number of nitrogens with zero attached hydrogens (tertiary/aromatic N) is 2. The number of hydrogen-bond donors (Lipinski definition) is 2. The average molecular weight is 379 g/mol. The van der Waals surface area contributed by atoms with Gasteiger partial charge in [0, 0.05) is 19.3 Å². The molecule has 1 aliphatic heterocycles. The van der Waals surface area contributed by atoms with Crippen LogP contribution in [0.4, 0.5) is 23.7 Å². The standard InChI is InChI=1S/C19H20F3N3O2/c20-19(21,22)14-5-1-2-6-15(14)24-18(27)25-11-8-13(9-12-25)17(26)16-7-3-4-10-23-16/h1-7,10,13,17,26H,8-9,11-12H2,(H,24,27)/t17-/m1/s1. The minimum Gasteiger partial charge on any atom is -0.387 e. The Bertz CT molecular complexity index is 775. The molecule has 1 saturated heterocycles. The largest absolute Gasteiger partial charge is 0.418 e. The maximum atomic E-state index is 13.0. The van der Waals surface area contributed by atoms with Gasteiger partial charge in [-0.3, -0.25) is 4.98 Å². The summed E-state index contributed by atoms with van der Waals surface area (Å²) in [6.07, 6.45) is -2.55. The van der Waals surface area contributed by atoms with Crippen molar-refractivity contribution in [2.45, 2.75) is 25.1 Å². The number of hydrogen-bond acceptors (Lipinski definition) is 3. The Morgan fingerprint density at radius 1 is 1.15 bits per heavy atom. The van der Waals surface area contributed by atoms with E-state index >= 15 is 0 Å². The number of amides is 2. The van der Waals surface area contributed by atoms with Crippen molar-refractivity contribution in [1.82, 2.24) is 9.88 Å². The number of benzene rings is 1. The second-order valence-corrected chi connectivity index (χ2v) is 6.50.